The Bertz CT molecular complexity index is 800. The number of aromatic nitrogens is 1. The number of methoxy groups -OCH3 is 1. The van der Waals surface area contributed by atoms with Crippen LogP contribution in [-0.2, 0) is 6.54 Å². The van der Waals surface area contributed by atoms with Crippen molar-refractivity contribution in [3.8, 4) is 5.75 Å². The van der Waals surface area contributed by atoms with E-state index in [2.05, 4.69) is 53.4 Å². The summed E-state index contributed by atoms with van der Waals surface area (Å²) in [5.41, 5.74) is 2.33. The zero-order chi connectivity index (χ0) is 20.6. The normalized spacial score (nSPS) is 15.5. The summed E-state index contributed by atoms with van der Waals surface area (Å²) in [6.45, 7) is 10.7. The largest absolute Gasteiger partial charge is 0.496 e. The number of ether oxygens (including phenoxy) is 1. The highest BCUT2D eigenvalue weighted by Gasteiger charge is 2.26. The first-order valence-corrected chi connectivity index (χ1v) is 11.3. The van der Waals surface area contributed by atoms with Crippen molar-refractivity contribution in [3.63, 3.8) is 0 Å². The van der Waals surface area contributed by atoms with Crippen LogP contribution in [0, 0.1) is 13.8 Å². The summed E-state index contributed by atoms with van der Waals surface area (Å²) in [4.78, 5) is 13.2. The van der Waals surface area contributed by atoms with E-state index in [1.54, 1.807) is 18.4 Å². The first kappa shape index (κ1) is 24.9. The van der Waals surface area contributed by atoms with Gasteiger partial charge in [0.1, 0.15) is 10.8 Å². The molecule has 1 atom stereocenters. The molecule has 3 rings (SSSR count). The van der Waals surface area contributed by atoms with E-state index in [9.17, 15) is 0 Å². The smallest absolute Gasteiger partial charge is 0.191 e. The van der Waals surface area contributed by atoms with Gasteiger partial charge in [-0.15, -0.1) is 35.3 Å². The number of likely N-dealkylation sites (tertiary alicyclic amines) is 1. The van der Waals surface area contributed by atoms with Crippen molar-refractivity contribution < 1.29 is 4.74 Å². The van der Waals surface area contributed by atoms with Crippen molar-refractivity contribution in [2.75, 3.05) is 33.3 Å². The third-order valence-corrected chi connectivity index (χ3v) is 6.39. The maximum atomic E-state index is 5.65. The van der Waals surface area contributed by atoms with Gasteiger partial charge in [-0.25, -0.2) is 9.98 Å². The fraction of sp³-hybridized carbons (Fsp3) is 0.545. The van der Waals surface area contributed by atoms with E-state index < -0.39 is 0 Å². The van der Waals surface area contributed by atoms with Gasteiger partial charge in [0.25, 0.3) is 0 Å². The van der Waals surface area contributed by atoms with E-state index in [-0.39, 0.29) is 30.0 Å². The molecule has 1 fully saturated rings. The SMILES string of the molecule is CCNC(=NCc1nc(C)c(C)s1)NCC(c1ccccc1OC)N1CCCC1.I. The number of benzene rings is 1. The Morgan fingerprint density at radius 3 is 2.60 bits per heavy atom. The molecule has 1 unspecified atom stereocenters. The van der Waals surface area contributed by atoms with Crippen molar-refractivity contribution in [2.24, 2.45) is 4.99 Å². The van der Waals surface area contributed by atoms with Gasteiger partial charge >= 0.3 is 0 Å². The van der Waals surface area contributed by atoms with E-state index >= 15 is 0 Å². The Balaban J connectivity index is 0.00000320. The predicted octanol–water partition coefficient (Wildman–Crippen LogP) is 4.28. The maximum Gasteiger partial charge on any atom is 0.191 e. The minimum absolute atomic E-state index is 0. The molecular weight excluding hydrogens is 509 g/mol. The standard InChI is InChI=1S/C22H33N5OS.HI/c1-5-23-22(25-15-21-26-16(2)17(3)29-21)24-14-19(27-12-8-9-13-27)18-10-6-7-11-20(18)28-4;/h6-7,10-11,19H,5,8-9,12-15H2,1-4H3,(H2,23,24,25);1H. The Hall–Kier alpha value is -1.39. The summed E-state index contributed by atoms with van der Waals surface area (Å²) in [6, 6.07) is 8.59. The number of halogens is 1. The first-order valence-electron chi connectivity index (χ1n) is 10.4. The zero-order valence-corrected chi connectivity index (χ0v) is 21.5. The summed E-state index contributed by atoms with van der Waals surface area (Å²) < 4.78 is 5.65. The fourth-order valence-electron chi connectivity index (χ4n) is 3.72. The van der Waals surface area contributed by atoms with E-state index in [0.29, 0.717) is 6.54 Å². The maximum absolute atomic E-state index is 5.65. The van der Waals surface area contributed by atoms with Gasteiger partial charge < -0.3 is 15.4 Å². The highest BCUT2D eigenvalue weighted by atomic mass is 127. The Kier molecular flexibility index (Phi) is 10.3. The molecular formula is C22H34IN5OS. The molecule has 0 spiro atoms. The predicted molar refractivity (Wildman–Crippen MR) is 136 cm³/mol. The van der Waals surface area contributed by atoms with Gasteiger partial charge in [-0.1, -0.05) is 18.2 Å². The lowest BCUT2D eigenvalue weighted by molar-refractivity contribution is 0.239. The minimum atomic E-state index is 0. The Morgan fingerprint density at radius 1 is 1.23 bits per heavy atom. The third-order valence-electron chi connectivity index (χ3n) is 5.33. The average molecular weight is 544 g/mol. The van der Waals surface area contributed by atoms with Crippen LogP contribution in [0.3, 0.4) is 0 Å². The van der Waals surface area contributed by atoms with Crippen molar-refractivity contribution in [1.82, 2.24) is 20.5 Å². The van der Waals surface area contributed by atoms with Crippen molar-refractivity contribution >= 4 is 41.3 Å². The molecule has 1 aromatic heterocycles. The van der Waals surface area contributed by atoms with Gasteiger partial charge in [0.15, 0.2) is 5.96 Å². The molecule has 6 nitrogen and oxygen atoms in total. The van der Waals surface area contributed by atoms with Gasteiger partial charge in [0, 0.05) is 23.5 Å². The van der Waals surface area contributed by atoms with Crippen molar-refractivity contribution in [1.29, 1.82) is 0 Å². The second-order valence-corrected chi connectivity index (χ2v) is 8.61. The molecule has 1 saturated heterocycles. The molecule has 0 saturated carbocycles. The second kappa shape index (κ2) is 12.5. The molecule has 0 aliphatic carbocycles. The Labute approximate surface area is 201 Å². The molecule has 1 aliphatic heterocycles. The molecule has 8 heteroatoms. The molecule has 2 N–H and O–H groups in total. The van der Waals surface area contributed by atoms with Crippen LogP contribution in [0.15, 0.2) is 29.3 Å². The van der Waals surface area contributed by atoms with Crippen LogP contribution >= 0.6 is 35.3 Å². The van der Waals surface area contributed by atoms with Crippen LogP contribution in [0.5, 0.6) is 5.75 Å². The quantitative estimate of drug-likeness (QED) is 0.296. The summed E-state index contributed by atoms with van der Waals surface area (Å²) in [5, 5.41) is 7.98. The molecule has 0 radical (unpaired) electrons. The number of nitrogens with one attached hydrogen (secondary N) is 2. The van der Waals surface area contributed by atoms with Crippen LogP contribution in [0.25, 0.3) is 0 Å². The first-order chi connectivity index (χ1) is 14.1. The number of rotatable bonds is 8. The molecule has 2 heterocycles. The third kappa shape index (κ3) is 6.55. The van der Waals surface area contributed by atoms with Gasteiger partial charge in [-0.2, -0.15) is 0 Å². The number of aryl methyl sites for hydroxylation is 2. The molecule has 0 amide bonds. The number of aliphatic imine (C=N–C) groups is 1. The fourth-order valence-corrected chi connectivity index (χ4v) is 4.58. The lowest BCUT2D eigenvalue weighted by Crippen LogP contribution is -2.42. The molecule has 166 valence electrons. The van der Waals surface area contributed by atoms with Gasteiger partial charge in [0.2, 0.25) is 0 Å². The number of para-hydroxylation sites is 1. The second-order valence-electron chi connectivity index (χ2n) is 7.33. The average Bonchev–Trinajstić information content (AvgIpc) is 3.37. The zero-order valence-electron chi connectivity index (χ0n) is 18.4. The summed E-state index contributed by atoms with van der Waals surface area (Å²) >= 11 is 1.72. The number of thiazole rings is 1. The van der Waals surface area contributed by atoms with Gasteiger partial charge in [-0.05, 0) is 52.8 Å². The van der Waals surface area contributed by atoms with E-state index in [1.807, 2.05) is 12.1 Å². The van der Waals surface area contributed by atoms with Gasteiger partial charge in [0.05, 0.1) is 25.4 Å². The molecule has 2 aromatic rings. The molecule has 1 aliphatic rings. The van der Waals surface area contributed by atoms with E-state index in [1.165, 1.54) is 23.3 Å². The van der Waals surface area contributed by atoms with Crippen LogP contribution in [0.2, 0.25) is 0 Å². The van der Waals surface area contributed by atoms with Crippen molar-refractivity contribution in [2.45, 2.75) is 46.2 Å². The summed E-state index contributed by atoms with van der Waals surface area (Å²) in [5.74, 6) is 1.78. The highest BCUT2D eigenvalue weighted by molar-refractivity contribution is 14.0. The minimum Gasteiger partial charge on any atom is -0.496 e. The van der Waals surface area contributed by atoms with Crippen LogP contribution in [0.4, 0.5) is 0 Å². The number of guanidine groups is 1. The van der Waals surface area contributed by atoms with Crippen LogP contribution < -0.4 is 15.4 Å². The number of nitrogens with zero attached hydrogens (tertiary/aromatic N) is 3. The number of hydrogen-bond donors (Lipinski definition) is 2. The lowest BCUT2D eigenvalue weighted by atomic mass is 10.0. The summed E-state index contributed by atoms with van der Waals surface area (Å²) in [6.07, 6.45) is 2.51. The highest BCUT2D eigenvalue weighted by Crippen LogP contribution is 2.31. The van der Waals surface area contributed by atoms with Crippen molar-refractivity contribution in [3.05, 3.63) is 45.4 Å². The lowest BCUT2D eigenvalue weighted by Gasteiger charge is -2.30. The topological polar surface area (TPSA) is 61.8 Å². The van der Waals surface area contributed by atoms with E-state index in [4.69, 9.17) is 9.73 Å². The monoisotopic (exact) mass is 543 g/mol. The Morgan fingerprint density at radius 2 is 1.97 bits per heavy atom. The van der Waals surface area contributed by atoms with Gasteiger partial charge in [-0.3, -0.25) is 4.90 Å². The molecule has 30 heavy (non-hydrogen) atoms. The van der Waals surface area contributed by atoms with Crippen LogP contribution in [-0.4, -0.2) is 49.1 Å². The van der Waals surface area contributed by atoms with E-state index in [0.717, 1.165) is 48.6 Å². The summed E-state index contributed by atoms with van der Waals surface area (Å²) in [7, 11) is 1.75. The molecule has 1 aromatic carbocycles. The molecule has 0 bridgehead atoms. The van der Waals surface area contributed by atoms with Crippen LogP contribution in [0.1, 0.15) is 46.9 Å². The number of hydrogen-bond acceptors (Lipinski definition) is 5.